The van der Waals surface area contributed by atoms with Crippen LogP contribution in [0.4, 0.5) is 0 Å². The summed E-state index contributed by atoms with van der Waals surface area (Å²) >= 11 is 0. The Morgan fingerprint density at radius 2 is 1.90 bits per heavy atom. The maximum Gasteiger partial charge on any atom is 0.336 e. The van der Waals surface area contributed by atoms with E-state index < -0.39 is 17.5 Å². The molecule has 1 N–H and O–H groups in total. The van der Waals surface area contributed by atoms with E-state index in [0.717, 1.165) is 0 Å². The second-order valence-corrected chi connectivity index (χ2v) is 4.87. The molecule has 0 fully saturated rings. The molecule has 0 aliphatic heterocycles. The minimum absolute atomic E-state index is 0.101. The molecule has 0 amide bonds. The van der Waals surface area contributed by atoms with Crippen molar-refractivity contribution in [2.75, 3.05) is 7.11 Å². The minimum atomic E-state index is -1.18. The number of ketones is 1. The van der Waals surface area contributed by atoms with Crippen molar-refractivity contribution in [3.63, 3.8) is 0 Å². The summed E-state index contributed by atoms with van der Waals surface area (Å²) in [6.07, 6.45) is -1.18. The lowest BCUT2D eigenvalue weighted by Gasteiger charge is -2.16. The van der Waals surface area contributed by atoms with Crippen LogP contribution in [-0.4, -0.2) is 24.1 Å². The summed E-state index contributed by atoms with van der Waals surface area (Å²) in [6, 6.07) is 6.15. The average molecular weight is 276 g/mol. The van der Waals surface area contributed by atoms with Gasteiger partial charge in [0.1, 0.15) is 17.4 Å². The van der Waals surface area contributed by atoms with E-state index in [2.05, 4.69) is 0 Å². The predicted octanol–water partition coefficient (Wildman–Crippen LogP) is 2.00. The van der Waals surface area contributed by atoms with E-state index in [9.17, 15) is 14.7 Å². The summed E-state index contributed by atoms with van der Waals surface area (Å²) in [5.74, 6) is -0.494. The lowest BCUT2D eigenvalue weighted by molar-refractivity contribution is 0.0645. The number of ether oxygens (including phenoxy) is 1. The highest BCUT2D eigenvalue weighted by Gasteiger charge is 2.27. The molecule has 0 saturated heterocycles. The van der Waals surface area contributed by atoms with E-state index >= 15 is 0 Å². The Morgan fingerprint density at radius 1 is 1.25 bits per heavy atom. The summed E-state index contributed by atoms with van der Waals surface area (Å²) in [4.78, 5) is 23.8. The smallest absolute Gasteiger partial charge is 0.336 e. The third kappa shape index (κ3) is 2.44. The summed E-state index contributed by atoms with van der Waals surface area (Å²) in [6.45, 7) is 3.46. The molecule has 1 aromatic carbocycles. The Morgan fingerprint density at radius 3 is 2.50 bits per heavy atom. The zero-order valence-corrected chi connectivity index (χ0v) is 11.5. The van der Waals surface area contributed by atoms with E-state index in [0.29, 0.717) is 5.39 Å². The largest absolute Gasteiger partial charge is 0.496 e. The number of aliphatic hydroxyl groups is 1. The first-order valence-electron chi connectivity index (χ1n) is 6.29. The molecule has 5 nitrogen and oxygen atoms in total. The minimum Gasteiger partial charge on any atom is -0.496 e. The molecule has 2 rings (SSSR count). The van der Waals surface area contributed by atoms with E-state index in [1.165, 1.54) is 13.2 Å². The summed E-state index contributed by atoms with van der Waals surface area (Å²) in [5.41, 5.74) is -0.315. The van der Waals surface area contributed by atoms with Gasteiger partial charge in [0.15, 0.2) is 11.4 Å². The number of carbonyl (C=O) groups is 1. The van der Waals surface area contributed by atoms with E-state index in [4.69, 9.17) is 9.15 Å². The number of carbonyl (C=O) groups excluding carboxylic acids is 1. The van der Waals surface area contributed by atoms with E-state index in [1.54, 1.807) is 32.0 Å². The zero-order valence-electron chi connectivity index (χ0n) is 11.5. The lowest BCUT2D eigenvalue weighted by Crippen LogP contribution is -2.26. The van der Waals surface area contributed by atoms with Crippen molar-refractivity contribution in [3.8, 4) is 5.75 Å². The molecule has 1 aromatic heterocycles. The number of rotatable bonds is 4. The zero-order chi connectivity index (χ0) is 14.9. The summed E-state index contributed by atoms with van der Waals surface area (Å²) < 4.78 is 10.3. The molecule has 0 saturated carbocycles. The second kappa shape index (κ2) is 5.46. The maximum atomic E-state index is 12.4. The molecule has 0 aliphatic carbocycles. The first-order valence-corrected chi connectivity index (χ1v) is 6.29. The molecule has 0 unspecified atom stereocenters. The van der Waals surface area contributed by atoms with Crippen LogP contribution in [0.1, 0.15) is 24.2 Å². The summed E-state index contributed by atoms with van der Waals surface area (Å²) in [5, 5.41) is 10.6. The van der Waals surface area contributed by atoms with Crippen LogP contribution in [-0.2, 0) is 0 Å². The van der Waals surface area contributed by atoms with Gasteiger partial charge >= 0.3 is 5.63 Å². The normalized spacial score (nSPS) is 12.7. The van der Waals surface area contributed by atoms with Crippen LogP contribution in [0.5, 0.6) is 5.75 Å². The fourth-order valence-electron chi connectivity index (χ4n) is 1.97. The van der Waals surface area contributed by atoms with Crippen molar-refractivity contribution >= 4 is 16.8 Å². The van der Waals surface area contributed by atoms with Gasteiger partial charge < -0.3 is 14.3 Å². The molecule has 2 aromatic rings. The molecule has 0 aliphatic rings. The van der Waals surface area contributed by atoms with Crippen LogP contribution in [0.15, 0.2) is 33.5 Å². The molecular formula is C15H16O5. The number of hydrogen-bond donors (Lipinski definition) is 1. The van der Waals surface area contributed by atoms with Crippen LogP contribution < -0.4 is 10.4 Å². The van der Waals surface area contributed by atoms with Gasteiger partial charge in [-0.2, -0.15) is 0 Å². The van der Waals surface area contributed by atoms with Crippen LogP contribution in [0, 0.1) is 5.92 Å². The fraction of sp³-hybridized carbons (Fsp3) is 0.333. The predicted molar refractivity (Wildman–Crippen MR) is 74.2 cm³/mol. The van der Waals surface area contributed by atoms with Gasteiger partial charge in [0.2, 0.25) is 0 Å². The van der Waals surface area contributed by atoms with Gasteiger partial charge in [0.05, 0.1) is 7.11 Å². The SMILES string of the molecule is COc1ccc2ccc(=O)oc2c1C(=O)[C@@H](O)C(C)C. The molecule has 0 bridgehead atoms. The molecular weight excluding hydrogens is 260 g/mol. The standard InChI is InChI=1S/C15H16O5/c1-8(2)13(17)14(18)12-10(19-3)6-4-9-5-7-11(16)20-15(9)12/h4-8,13,17H,1-3H3/t13-/m0/s1. The molecule has 0 spiro atoms. The maximum absolute atomic E-state index is 12.4. The van der Waals surface area contributed by atoms with Crippen molar-refractivity contribution in [2.24, 2.45) is 5.92 Å². The van der Waals surface area contributed by atoms with Crippen molar-refractivity contribution in [1.29, 1.82) is 0 Å². The molecule has 0 radical (unpaired) electrons. The van der Waals surface area contributed by atoms with E-state index in [1.807, 2.05) is 0 Å². The highest BCUT2D eigenvalue weighted by atomic mass is 16.5. The number of fused-ring (bicyclic) bond motifs is 1. The number of aliphatic hydroxyl groups excluding tert-OH is 1. The van der Waals surface area contributed by atoms with Crippen LogP contribution in [0.2, 0.25) is 0 Å². The summed E-state index contributed by atoms with van der Waals surface area (Å²) in [7, 11) is 1.42. The van der Waals surface area contributed by atoms with Gasteiger partial charge in [-0.05, 0) is 24.1 Å². The van der Waals surface area contributed by atoms with Gasteiger partial charge in [0.25, 0.3) is 0 Å². The first kappa shape index (κ1) is 14.3. The van der Waals surface area contributed by atoms with Gasteiger partial charge in [-0.25, -0.2) is 4.79 Å². The fourth-order valence-corrected chi connectivity index (χ4v) is 1.97. The van der Waals surface area contributed by atoms with Crippen molar-refractivity contribution in [3.05, 3.63) is 40.2 Å². The number of benzene rings is 1. The van der Waals surface area contributed by atoms with E-state index in [-0.39, 0.29) is 22.8 Å². The van der Waals surface area contributed by atoms with Gasteiger partial charge in [-0.1, -0.05) is 13.8 Å². The van der Waals surface area contributed by atoms with Crippen molar-refractivity contribution in [2.45, 2.75) is 20.0 Å². The third-order valence-corrected chi connectivity index (χ3v) is 3.12. The second-order valence-electron chi connectivity index (χ2n) is 4.87. The molecule has 5 heteroatoms. The average Bonchev–Trinajstić information content (AvgIpc) is 2.44. The molecule has 20 heavy (non-hydrogen) atoms. The van der Waals surface area contributed by atoms with Gasteiger partial charge in [-0.15, -0.1) is 0 Å². The van der Waals surface area contributed by atoms with Crippen LogP contribution in [0.25, 0.3) is 11.0 Å². The first-order chi connectivity index (χ1) is 9.45. The van der Waals surface area contributed by atoms with Crippen molar-refractivity contribution < 1.29 is 19.1 Å². The molecule has 1 atom stereocenters. The monoisotopic (exact) mass is 276 g/mol. The number of hydrogen-bond acceptors (Lipinski definition) is 5. The molecule has 1 heterocycles. The highest BCUT2D eigenvalue weighted by Crippen LogP contribution is 2.29. The Balaban J connectivity index is 2.74. The van der Waals surface area contributed by atoms with Gasteiger partial charge in [0, 0.05) is 11.5 Å². The Kier molecular flexibility index (Phi) is 3.90. The van der Waals surface area contributed by atoms with Gasteiger partial charge in [-0.3, -0.25) is 4.79 Å². The Hall–Kier alpha value is -2.14. The Labute approximate surface area is 115 Å². The third-order valence-electron chi connectivity index (χ3n) is 3.12. The highest BCUT2D eigenvalue weighted by molar-refractivity contribution is 6.10. The number of Topliss-reactive ketones (excluding diaryl/α,β-unsaturated/α-hetero) is 1. The topological polar surface area (TPSA) is 76.7 Å². The van der Waals surface area contributed by atoms with Crippen molar-refractivity contribution in [1.82, 2.24) is 0 Å². The van der Waals surface area contributed by atoms with Crippen LogP contribution >= 0.6 is 0 Å². The quantitative estimate of drug-likeness (QED) is 0.682. The Bertz CT molecular complexity index is 699. The number of methoxy groups -OCH3 is 1. The molecule has 106 valence electrons. The van der Waals surface area contributed by atoms with Crippen LogP contribution in [0.3, 0.4) is 0 Å². The lowest BCUT2D eigenvalue weighted by atomic mass is 9.96.